The summed E-state index contributed by atoms with van der Waals surface area (Å²) in [5, 5.41) is 12.5. The molecule has 2 aliphatic heterocycles. The van der Waals surface area contributed by atoms with E-state index in [1.807, 2.05) is 24.3 Å². The Labute approximate surface area is 275 Å². The summed E-state index contributed by atoms with van der Waals surface area (Å²) in [6, 6.07) is 11.2. The van der Waals surface area contributed by atoms with Crippen molar-refractivity contribution in [3.05, 3.63) is 77.6 Å². The number of likely N-dealkylation sites (tertiary alicyclic amines) is 1. The molecule has 3 fully saturated rings. The predicted molar refractivity (Wildman–Crippen MR) is 171 cm³/mol. The third-order valence-electron chi connectivity index (χ3n) is 9.22. The molecule has 3 aromatic heterocycles. The second-order valence-corrected chi connectivity index (χ2v) is 12.7. The summed E-state index contributed by atoms with van der Waals surface area (Å²) in [6.45, 7) is 2.85. The van der Waals surface area contributed by atoms with E-state index in [4.69, 9.17) is 4.42 Å². The van der Waals surface area contributed by atoms with Crippen molar-refractivity contribution in [1.29, 1.82) is 0 Å². The number of anilines is 2. The topological polar surface area (TPSA) is 147 Å². The van der Waals surface area contributed by atoms with Crippen LogP contribution in [0, 0.1) is 5.92 Å². The third kappa shape index (κ3) is 7.13. The van der Waals surface area contributed by atoms with Gasteiger partial charge in [-0.05, 0) is 61.3 Å². The van der Waals surface area contributed by atoms with Gasteiger partial charge in [0.05, 0.1) is 17.6 Å². The van der Waals surface area contributed by atoms with E-state index in [1.165, 1.54) is 30.0 Å². The van der Waals surface area contributed by atoms with Crippen molar-refractivity contribution in [3.63, 3.8) is 0 Å². The minimum absolute atomic E-state index is 0.0480. The number of carbonyl (C=O) groups excluding carboxylic acids is 3. The number of piperidine rings is 2. The van der Waals surface area contributed by atoms with Gasteiger partial charge >= 0.3 is 0 Å². The molecule has 1 atom stereocenters. The van der Waals surface area contributed by atoms with Crippen LogP contribution in [0.2, 0.25) is 0 Å². The minimum atomic E-state index is -2.89. The van der Waals surface area contributed by atoms with Gasteiger partial charge in [-0.2, -0.15) is 5.10 Å². The average Bonchev–Trinajstić information content (AvgIpc) is 3.60. The lowest BCUT2D eigenvalue weighted by atomic mass is 9.87. The molecule has 250 valence electrons. The van der Waals surface area contributed by atoms with Crippen LogP contribution in [0.4, 0.5) is 20.3 Å². The smallest absolute Gasteiger partial charge is 0.284 e. The zero-order chi connectivity index (χ0) is 33.2. The summed E-state index contributed by atoms with van der Waals surface area (Å²) >= 11 is 0. The number of halogens is 2. The van der Waals surface area contributed by atoms with Crippen molar-refractivity contribution in [2.75, 3.05) is 30.3 Å². The van der Waals surface area contributed by atoms with Gasteiger partial charge in [0.2, 0.25) is 17.7 Å². The molecule has 0 spiro atoms. The third-order valence-corrected chi connectivity index (χ3v) is 9.22. The molecule has 1 saturated carbocycles. The van der Waals surface area contributed by atoms with E-state index < -0.39 is 18.0 Å². The molecule has 4 aromatic rings. The van der Waals surface area contributed by atoms with E-state index in [2.05, 4.69) is 35.9 Å². The van der Waals surface area contributed by atoms with Crippen LogP contribution in [0.3, 0.4) is 0 Å². The number of alkyl halides is 2. The van der Waals surface area contributed by atoms with E-state index >= 15 is 0 Å². The van der Waals surface area contributed by atoms with E-state index in [0.29, 0.717) is 62.6 Å². The Hall–Kier alpha value is -4.98. The molecular weight excluding hydrogens is 622 g/mol. The van der Waals surface area contributed by atoms with Crippen LogP contribution in [-0.2, 0) is 16.1 Å². The predicted octanol–water partition coefficient (Wildman–Crippen LogP) is 5.30. The molecule has 3 amide bonds. The molecule has 0 bridgehead atoms. The lowest BCUT2D eigenvalue weighted by Crippen LogP contribution is -2.40. The lowest BCUT2D eigenvalue weighted by molar-refractivity contribution is -0.134. The summed E-state index contributed by atoms with van der Waals surface area (Å²) in [5.41, 5.74) is 1.95. The molecule has 3 N–H and O–H groups in total. The number of rotatable bonds is 11. The van der Waals surface area contributed by atoms with Crippen LogP contribution in [0.1, 0.15) is 84.2 Å². The van der Waals surface area contributed by atoms with Crippen LogP contribution in [0.15, 0.2) is 59.5 Å². The Balaban J connectivity index is 0.980. The molecule has 1 aliphatic carbocycles. The number of pyridine rings is 1. The fraction of sp³-hybridized carbons (Fsp3) is 0.412. The number of aromatic nitrogens is 4. The summed E-state index contributed by atoms with van der Waals surface area (Å²) < 4.78 is 35.2. The van der Waals surface area contributed by atoms with Crippen LogP contribution in [0.25, 0.3) is 11.5 Å². The zero-order valence-corrected chi connectivity index (χ0v) is 26.2. The standard InChI is InChI=1S/C34H36F2N8O4/c35-31(36)30-26(39-33(47)27-19-48-34(40-27)21-9-12-37-28(15-21)38-16-20-5-6-20)18-44(42-30)23-10-13-43(14-11-23)17-22-3-1-2-4-24(22)25-7-8-29(45)41-32(25)46/h1-4,9,12,15,18-20,23,25,31H,5-8,10-11,13-14,16-17H2,(H,37,38)(H,39,47)(H,41,45,46). The zero-order valence-electron chi connectivity index (χ0n) is 26.2. The number of oxazole rings is 1. The summed E-state index contributed by atoms with van der Waals surface area (Å²) in [4.78, 5) is 48.1. The van der Waals surface area contributed by atoms with Crippen LogP contribution in [-0.4, -0.2) is 62.0 Å². The van der Waals surface area contributed by atoms with Gasteiger partial charge in [-0.1, -0.05) is 24.3 Å². The van der Waals surface area contributed by atoms with Gasteiger partial charge in [0, 0.05) is 50.6 Å². The molecule has 3 aliphatic rings. The molecule has 0 radical (unpaired) electrons. The Morgan fingerprint density at radius 1 is 1.08 bits per heavy atom. The van der Waals surface area contributed by atoms with E-state index in [-0.39, 0.29) is 41.0 Å². The summed E-state index contributed by atoms with van der Waals surface area (Å²) in [6.07, 6.45) is 5.93. The van der Waals surface area contributed by atoms with Gasteiger partial charge in [-0.25, -0.2) is 18.7 Å². The fourth-order valence-electron chi connectivity index (χ4n) is 6.37. The number of nitrogens with zero attached hydrogens (tertiary/aromatic N) is 5. The largest absolute Gasteiger partial charge is 0.444 e. The highest BCUT2D eigenvalue weighted by Gasteiger charge is 2.31. The van der Waals surface area contributed by atoms with Crippen LogP contribution >= 0.6 is 0 Å². The van der Waals surface area contributed by atoms with Crippen molar-refractivity contribution in [2.45, 2.75) is 63.5 Å². The molecule has 2 saturated heterocycles. The Bertz CT molecular complexity index is 1810. The summed E-state index contributed by atoms with van der Waals surface area (Å²) in [7, 11) is 0. The number of nitrogens with one attached hydrogen (secondary N) is 3. The Morgan fingerprint density at radius 3 is 2.67 bits per heavy atom. The monoisotopic (exact) mass is 658 g/mol. The van der Waals surface area contributed by atoms with Crippen molar-refractivity contribution in [1.82, 2.24) is 30.0 Å². The number of hydrogen-bond donors (Lipinski definition) is 3. The lowest BCUT2D eigenvalue weighted by Gasteiger charge is -2.33. The van der Waals surface area contributed by atoms with Crippen LogP contribution in [0.5, 0.6) is 0 Å². The SMILES string of the molecule is O=C1CCC(c2ccccc2CN2CCC(n3cc(NC(=O)c4coc(-c5ccnc(NCC6CC6)c5)n4)c(C(F)F)n3)CC2)C(=O)N1. The molecule has 14 heteroatoms. The number of hydrogen-bond acceptors (Lipinski definition) is 9. The molecule has 7 rings (SSSR count). The first-order valence-electron chi connectivity index (χ1n) is 16.3. The number of imide groups is 1. The van der Waals surface area contributed by atoms with Gasteiger partial charge in [0.25, 0.3) is 12.3 Å². The highest BCUT2D eigenvalue weighted by Crippen LogP contribution is 2.33. The van der Waals surface area contributed by atoms with Crippen LogP contribution < -0.4 is 16.0 Å². The van der Waals surface area contributed by atoms with E-state index in [9.17, 15) is 23.2 Å². The maximum Gasteiger partial charge on any atom is 0.284 e. The molecule has 5 heterocycles. The van der Waals surface area contributed by atoms with Gasteiger partial charge in [0.15, 0.2) is 11.4 Å². The normalized spacial score (nSPS) is 19.0. The number of benzene rings is 1. The second-order valence-electron chi connectivity index (χ2n) is 12.7. The average molecular weight is 659 g/mol. The first-order valence-corrected chi connectivity index (χ1v) is 16.3. The Kier molecular flexibility index (Phi) is 8.98. The second kappa shape index (κ2) is 13.6. The Morgan fingerprint density at radius 2 is 1.90 bits per heavy atom. The maximum absolute atomic E-state index is 14.1. The van der Waals surface area contributed by atoms with Crippen molar-refractivity contribution in [2.24, 2.45) is 5.92 Å². The van der Waals surface area contributed by atoms with Gasteiger partial charge in [0.1, 0.15) is 12.1 Å². The highest BCUT2D eigenvalue weighted by molar-refractivity contribution is 6.03. The molecule has 48 heavy (non-hydrogen) atoms. The van der Waals surface area contributed by atoms with Gasteiger partial charge in [-0.15, -0.1) is 0 Å². The minimum Gasteiger partial charge on any atom is -0.444 e. The molecular formula is C34H36F2N8O4. The van der Waals surface area contributed by atoms with Gasteiger partial charge in [-0.3, -0.25) is 29.3 Å². The molecule has 12 nitrogen and oxygen atoms in total. The van der Waals surface area contributed by atoms with Crippen molar-refractivity contribution < 1.29 is 27.6 Å². The van der Waals surface area contributed by atoms with Crippen molar-refractivity contribution in [3.8, 4) is 11.5 Å². The number of amides is 3. The molecule has 1 unspecified atom stereocenters. The molecule has 1 aromatic carbocycles. The highest BCUT2D eigenvalue weighted by atomic mass is 19.3. The first-order chi connectivity index (χ1) is 23.3. The quantitative estimate of drug-likeness (QED) is 0.183. The van der Waals surface area contributed by atoms with Crippen molar-refractivity contribution >= 4 is 29.2 Å². The fourth-order valence-corrected chi connectivity index (χ4v) is 6.37. The van der Waals surface area contributed by atoms with E-state index in [1.54, 1.807) is 18.3 Å². The maximum atomic E-state index is 14.1. The first kappa shape index (κ1) is 31.6. The van der Waals surface area contributed by atoms with E-state index in [0.717, 1.165) is 17.7 Å². The van der Waals surface area contributed by atoms with Gasteiger partial charge < -0.3 is 15.1 Å². The number of carbonyl (C=O) groups is 3. The summed E-state index contributed by atoms with van der Waals surface area (Å²) in [5.74, 6) is 0.00598.